The predicted molar refractivity (Wildman–Crippen MR) is 82.6 cm³/mol. The van der Waals surface area contributed by atoms with Gasteiger partial charge in [-0.1, -0.05) is 42.1 Å². The molecule has 1 saturated carbocycles. The summed E-state index contributed by atoms with van der Waals surface area (Å²) in [5.41, 5.74) is 0.0549. The summed E-state index contributed by atoms with van der Waals surface area (Å²) in [7, 11) is 0. The monoisotopic (exact) mass is 325 g/mol. The first-order valence-electron chi connectivity index (χ1n) is 7.09. The van der Waals surface area contributed by atoms with Crippen LogP contribution in [0.2, 0.25) is 10.0 Å². The van der Waals surface area contributed by atoms with Gasteiger partial charge in [0, 0.05) is 16.5 Å². The molecule has 21 heavy (non-hydrogen) atoms. The highest BCUT2D eigenvalue weighted by Crippen LogP contribution is 2.40. The van der Waals surface area contributed by atoms with Gasteiger partial charge in [-0.2, -0.15) is 5.10 Å². The Bertz CT molecular complexity index is 617. The van der Waals surface area contributed by atoms with Crippen molar-refractivity contribution in [2.45, 2.75) is 43.7 Å². The van der Waals surface area contributed by atoms with Gasteiger partial charge < -0.3 is 5.11 Å². The molecule has 0 saturated heterocycles. The van der Waals surface area contributed by atoms with E-state index < -0.39 is 5.60 Å². The van der Waals surface area contributed by atoms with Crippen molar-refractivity contribution in [2.75, 3.05) is 0 Å². The first-order chi connectivity index (χ1) is 10.1. The Hall–Kier alpha value is -1.10. The molecule has 2 aromatic rings. The number of hydrogen-bond donors (Lipinski definition) is 1. The molecule has 1 fully saturated rings. The van der Waals surface area contributed by atoms with Crippen molar-refractivity contribution in [3.63, 3.8) is 0 Å². The number of nitrogens with zero attached hydrogens (tertiary/aromatic N) is 3. The molecule has 0 radical (unpaired) electrons. The van der Waals surface area contributed by atoms with E-state index in [1.54, 1.807) is 23.1 Å². The zero-order valence-corrected chi connectivity index (χ0v) is 13.1. The van der Waals surface area contributed by atoms with E-state index in [1.165, 1.54) is 6.33 Å². The van der Waals surface area contributed by atoms with Gasteiger partial charge in [-0.25, -0.2) is 9.67 Å². The van der Waals surface area contributed by atoms with Crippen LogP contribution in [0.5, 0.6) is 0 Å². The molecule has 1 aromatic heterocycles. The summed E-state index contributed by atoms with van der Waals surface area (Å²) in [5, 5.41) is 16.6. The third-order valence-electron chi connectivity index (χ3n) is 4.23. The van der Waals surface area contributed by atoms with Crippen molar-refractivity contribution >= 4 is 23.2 Å². The highest BCUT2D eigenvalue weighted by molar-refractivity contribution is 6.35. The van der Waals surface area contributed by atoms with Crippen LogP contribution in [0.4, 0.5) is 0 Å². The molecule has 4 nitrogen and oxygen atoms in total. The standard InChI is InChI=1S/C15H17Cl2N3O/c16-12-5-4-11(13(17)7-12)8-15(21)6-2-1-3-14(15)20-10-18-9-19-20/h4-5,7,9-10,14,21H,1-3,6,8H2/t14-,15+/m1/s1. The Morgan fingerprint density at radius 3 is 2.90 bits per heavy atom. The Morgan fingerprint density at radius 1 is 1.33 bits per heavy atom. The number of aromatic nitrogens is 3. The molecule has 0 amide bonds. The van der Waals surface area contributed by atoms with Gasteiger partial charge in [0.25, 0.3) is 0 Å². The van der Waals surface area contributed by atoms with Gasteiger partial charge >= 0.3 is 0 Å². The summed E-state index contributed by atoms with van der Waals surface area (Å²) in [6.07, 6.45) is 7.39. The highest BCUT2D eigenvalue weighted by atomic mass is 35.5. The molecular formula is C15H17Cl2N3O. The van der Waals surface area contributed by atoms with E-state index in [0.717, 1.165) is 31.2 Å². The van der Waals surface area contributed by atoms with E-state index in [-0.39, 0.29) is 6.04 Å². The van der Waals surface area contributed by atoms with Gasteiger partial charge in [-0.05, 0) is 30.5 Å². The van der Waals surface area contributed by atoms with Crippen LogP contribution < -0.4 is 0 Å². The Kier molecular flexibility index (Phi) is 4.20. The maximum atomic E-state index is 11.2. The summed E-state index contributed by atoms with van der Waals surface area (Å²) in [4.78, 5) is 4.00. The molecule has 0 unspecified atom stereocenters. The average Bonchev–Trinajstić information content (AvgIpc) is 2.96. The van der Waals surface area contributed by atoms with E-state index in [9.17, 15) is 5.11 Å². The molecule has 0 bridgehead atoms. The van der Waals surface area contributed by atoms with E-state index in [0.29, 0.717) is 16.5 Å². The zero-order chi connectivity index (χ0) is 14.9. The van der Waals surface area contributed by atoms with Crippen LogP contribution in [0, 0.1) is 0 Å². The van der Waals surface area contributed by atoms with Crippen molar-refractivity contribution in [1.82, 2.24) is 14.8 Å². The van der Waals surface area contributed by atoms with Gasteiger partial charge in [0.2, 0.25) is 0 Å². The second kappa shape index (κ2) is 5.95. The minimum atomic E-state index is -0.858. The maximum absolute atomic E-state index is 11.2. The van der Waals surface area contributed by atoms with Crippen molar-refractivity contribution in [3.05, 3.63) is 46.5 Å². The number of aliphatic hydroxyl groups is 1. The zero-order valence-electron chi connectivity index (χ0n) is 11.5. The van der Waals surface area contributed by atoms with E-state index >= 15 is 0 Å². The predicted octanol–water partition coefficient (Wildman–Crippen LogP) is 3.67. The molecule has 1 N–H and O–H groups in total. The van der Waals surface area contributed by atoms with Crippen molar-refractivity contribution < 1.29 is 5.11 Å². The van der Waals surface area contributed by atoms with Crippen LogP contribution in [0.3, 0.4) is 0 Å². The summed E-state index contributed by atoms with van der Waals surface area (Å²) >= 11 is 12.2. The fraction of sp³-hybridized carbons (Fsp3) is 0.467. The fourth-order valence-corrected chi connectivity index (χ4v) is 3.64. The second-order valence-corrected chi connectivity index (χ2v) is 6.50. The van der Waals surface area contributed by atoms with Crippen LogP contribution in [0.1, 0.15) is 37.3 Å². The lowest BCUT2D eigenvalue weighted by Gasteiger charge is -2.40. The van der Waals surface area contributed by atoms with Crippen LogP contribution in [-0.4, -0.2) is 25.5 Å². The van der Waals surface area contributed by atoms with Crippen LogP contribution in [-0.2, 0) is 6.42 Å². The normalized spacial score (nSPS) is 26.0. The van der Waals surface area contributed by atoms with Gasteiger partial charge in [0.15, 0.2) is 0 Å². The average molecular weight is 326 g/mol. The number of halogens is 2. The lowest BCUT2D eigenvalue weighted by atomic mass is 9.76. The number of rotatable bonds is 3. The smallest absolute Gasteiger partial charge is 0.137 e. The lowest BCUT2D eigenvalue weighted by molar-refractivity contribution is -0.0452. The maximum Gasteiger partial charge on any atom is 0.137 e. The summed E-state index contributed by atoms with van der Waals surface area (Å²) in [6.45, 7) is 0. The third-order valence-corrected chi connectivity index (χ3v) is 4.81. The number of benzene rings is 1. The highest BCUT2D eigenvalue weighted by Gasteiger charge is 2.41. The van der Waals surface area contributed by atoms with Gasteiger partial charge in [0.1, 0.15) is 12.7 Å². The minimum Gasteiger partial charge on any atom is -0.387 e. The molecule has 0 spiro atoms. The molecule has 2 atom stereocenters. The van der Waals surface area contributed by atoms with E-state index in [2.05, 4.69) is 10.1 Å². The SMILES string of the molecule is O[C@]1(Cc2ccc(Cl)cc2Cl)CCCC[C@H]1n1cncn1. The summed E-state index contributed by atoms with van der Waals surface area (Å²) in [5.74, 6) is 0. The summed E-state index contributed by atoms with van der Waals surface area (Å²) < 4.78 is 1.77. The minimum absolute atomic E-state index is 0.0690. The largest absolute Gasteiger partial charge is 0.387 e. The van der Waals surface area contributed by atoms with Gasteiger partial charge in [-0.15, -0.1) is 0 Å². The molecule has 1 aliphatic rings. The lowest BCUT2D eigenvalue weighted by Crippen LogP contribution is -2.44. The molecule has 112 valence electrons. The Morgan fingerprint density at radius 2 is 2.19 bits per heavy atom. The molecule has 6 heteroatoms. The van der Waals surface area contributed by atoms with Crippen molar-refractivity contribution in [1.29, 1.82) is 0 Å². The van der Waals surface area contributed by atoms with Crippen LogP contribution in [0.15, 0.2) is 30.9 Å². The summed E-state index contributed by atoms with van der Waals surface area (Å²) in [6, 6.07) is 5.34. The van der Waals surface area contributed by atoms with E-state index in [4.69, 9.17) is 23.2 Å². The topological polar surface area (TPSA) is 50.9 Å². The van der Waals surface area contributed by atoms with Crippen molar-refractivity contribution in [2.24, 2.45) is 0 Å². The van der Waals surface area contributed by atoms with Crippen molar-refractivity contribution in [3.8, 4) is 0 Å². The molecular weight excluding hydrogens is 309 g/mol. The fourth-order valence-electron chi connectivity index (χ4n) is 3.16. The first kappa shape index (κ1) is 14.8. The Balaban J connectivity index is 1.89. The van der Waals surface area contributed by atoms with Gasteiger partial charge in [0.05, 0.1) is 11.6 Å². The molecule has 1 aromatic carbocycles. The Labute approximate surface area is 133 Å². The van der Waals surface area contributed by atoms with E-state index in [1.807, 2.05) is 6.07 Å². The molecule has 1 heterocycles. The molecule has 3 rings (SSSR count). The third kappa shape index (κ3) is 3.07. The number of hydrogen-bond acceptors (Lipinski definition) is 3. The molecule has 0 aliphatic heterocycles. The quantitative estimate of drug-likeness (QED) is 0.936. The van der Waals surface area contributed by atoms with Crippen LogP contribution in [0.25, 0.3) is 0 Å². The second-order valence-electron chi connectivity index (χ2n) is 5.65. The van der Waals surface area contributed by atoms with Crippen LogP contribution >= 0.6 is 23.2 Å². The molecule has 1 aliphatic carbocycles. The first-order valence-corrected chi connectivity index (χ1v) is 7.84. The van der Waals surface area contributed by atoms with Gasteiger partial charge in [-0.3, -0.25) is 0 Å².